The highest BCUT2D eigenvalue weighted by atomic mass is 16.5. The lowest BCUT2D eigenvalue weighted by atomic mass is 9.96. The molecule has 34 heavy (non-hydrogen) atoms. The van der Waals surface area contributed by atoms with Gasteiger partial charge in [-0.15, -0.1) is 0 Å². The molecular formula is C31H26O3. The van der Waals surface area contributed by atoms with Gasteiger partial charge in [0, 0.05) is 32.7 Å². The van der Waals surface area contributed by atoms with Crippen molar-refractivity contribution in [3.8, 4) is 0 Å². The number of benzene rings is 4. The fraction of sp³-hybridized carbons (Fsp3) is 0.161. The maximum absolute atomic E-state index is 6.50. The van der Waals surface area contributed by atoms with Crippen LogP contribution < -0.4 is 0 Å². The van der Waals surface area contributed by atoms with E-state index in [0.29, 0.717) is 0 Å². The molecule has 0 saturated heterocycles. The first-order valence-corrected chi connectivity index (χ1v) is 11.5. The Bertz CT molecular complexity index is 1840. The summed E-state index contributed by atoms with van der Waals surface area (Å²) in [5.74, 6) is 0.831. The van der Waals surface area contributed by atoms with E-state index in [1.54, 1.807) is 7.11 Å². The minimum atomic E-state index is 0.831. The highest BCUT2D eigenvalue weighted by Crippen LogP contribution is 2.44. The number of allylic oxidation sites excluding steroid dienone is 1. The van der Waals surface area contributed by atoms with Crippen LogP contribution in [0, 0.1) is 20.8 Å². The van der Waals surface area contributed by atoms with E-state index in [2.05, 4.69) is 69.8 Å². The Morgan fingerprint density at radius 3 is 2.09 bits per heavy atom. The van der Waals surface area contributed by atoms with Crippen molar-refractivity contribution in [2.75, 3.05) is 7.11 Å². The molecule has 0 spiro atoms. The maximum Gasteiger partial charge on any atom is 0.139 e. The molecule has 3 heteroatoms. The fourth-order valence-electron chi connectivity index (χ4n) is 5.21. The van der Waals surface area contributed by atoms with Gasteiger partial charge in [-0.1, -0.05) is 36.4 Å². The van der Waals surface area contributed by atoms with Crippen molar-refractivity contribution in [1.29, 1.82) is 0 Å². The van der Waals surface area contributed by atoms with Gasteiger partial charge in [0.1, 0.15) is 22.3 Å². The molecule has 2 aromatic heterocycles. The van der Waals surface area contributed by atoms with Crippen LogP contribution >= 0.6 is 0 Å². The van der Waals surface area contributed by atoms with Gasteiger partial charge in [-0.25, -0.2) is 0 Å². The summed E-state index contributed by atoms with van der Waals surface area (Å²) in [6.07, 6.45) is 3.89. The summed E-state index contributed by atoms with van der Waals surface area (Å²) in [4.78, 5) is 0. The van der Waals surface area contributed by atoms with Crippen LogP contribution in [0.3, 0.4) is 0 Å². The van der Waals surface area contributed by atoms with Crippen molar-refractivity contribution in [2.45, 2.75) is 27.7 Å². The van der Waals surface area contributed by atoms with E-state index in [1.165, 1.54) is 16.3 Å². The van der Waals surface area contributed by atoms with Gasteiger partial charge in [0.25, 0.3) is 0 Å². The Morgan fingerprint density at radius 1 is 0.794 bits per heavy atom. The number of hydrogen-bond donors (Lipinski definition) is 0. The second-order valence-electron chi connectivity index (χ2n) is 9.20. The number of fused-ring (bicyclic) bond motifs is 7. The van der Waals surface area contributed by atoms with Gasteiger partial charge in [0.05, 0.1) is 12.9 Å². The Balaban J connectivity index is 1.73. The SMILES string of the molecule is C=Cc1cc2c(cc1/C=C(\C)OC)oc1c(C)c3c(oc4cc5cc(C)ccc5cc43)c(C)c12. The first-order valence-electron chi connectivity index (χ1n) is 11.5. The molecule has 0 unspecified atom stereocenters. The molecule has 0 amide bonds. The highest BCUT2D eigenvalue weighted by Gasteiger charge is 2.21. The van der Waals surface area contributed by atoms with Crippen molar-refractivity contribution in [3.63, 3.8) is 0 Å². The predicted molar refractivity (Wildman–Crippen MR) is 143 cm³/mol. The molecule has 6 aromatic rings. The van der Waals surface area contributed by atoms with Crippen LogP contribution in [-0.4, -0.2) is 7.11 Å². The number of rotatable bonds is 3. The van der Waals surface area contributed by atoms with E-state index < -0.39 is 0 Å². The van der Waals surface area contributed by atoms with E-state index in [9.17, 15) is 0 Å². The van der Waals surface area contributed by atoms with Gasteiger partial charge >= 0.3 is 0 Å². The van der Waals surface area contributed by atoms with Gasteiger partial charge < -0.3 is 13.6 Å². The van der Waals surface area contributed by atoms with E-state index in [-0.39, 0.29) is 0 Å². The van der Waals surface area contributed by atoms with Crippen LogP contribution in [0.5, 0.6) is 0 Å². The molecule has 0 fully saturated rings. The zero-order valence-corrected chi connectivity index (χ0v) is 20.1. The van der Waals surface area contributed by atoms with Gasteiger partial charge in [-0.2, -0.15) is 0 Å². The first-order chi connectivity index (χ1) is 16.4. The summed E-state index contributed by atoms with van der Waals surface area (Å²) < 4.78 is 18.4. The number of hydrogen-bond acceptors (Lipinski definition) is 3. The average molecular weight is 447 g/mol. The molecule has 168 valence electrons. The minimum Gasteiger partial charge on any atom is -0.501 e. The molecule has 0 aliphatic rings. The largest absolute Gasteiger partial charge is 0.501 e. The third-order valence-corrected chi connectivity index (χ3v) is 7.03. The van der Waals surface area contributed by atoms with Crippen LogP contribution in [0.15, 0.2) is 63.6 Å². The van der Waals surface area contributed by atoms with Crippen molar-refractivity contribution < 1.29 is 13.6 Å². The number of ether oxygens (including phenoxy) is 1. The fourth-order valence-corrected chi connectivity index (χ4v) is 5.21. The molecule has 6 rings (SSSR count). The lowest BCUT2D eigenvalue weighted by molar-refractivity contribution is 0.297. The minimum absolute atomic E-state index is 0.831. The third kappa shape index (κ3) is 2.83. The number of methoxy groups -OCH3 is 1. The van der Waals surface area contributed by atoms with E-state index in [1.807, 2.05) is 19.1 Å². The highest BCUT2D eigenvalue weighted by molar-refractivity contribution is 6.20. The lowest BCUT2D eigenvalue weighted by Crippen LogP contribution is -1.85. The summed E-state index contributed by atoms with van der Waals surface area (Å²) >= 11 is 0. The van der Waals surface area contributed by atoms with Crippen LogP contribution in [0.25, 0.3) is 66.8 Å². The summed E-state index contributed by atoms with van der Waals surface area (Å²) in [5, 5.41) is 6.82. The Hall–Kier alpha value is -3.98. The maximum atomic E-state index is 6.50. The standard InChI is InChI=1S/C31H26O3/c1-7-20-12-24-27(15-23(20)11-17(3)32-6)34-30-19(5)29-25-13-21-9-8-16(2)10-22(21)14-26(25)33-31(29)18(4)28(24)30/h7-15H,1H2,2-6H3/b17-11+. The van der Waals surface area contributed by atoms with Crippen LogP contribution in [0.2, 0.25) is 0 Å². The molecule has 0 N–H and O–H groups in total. The molecule has 0 saturated carbocycles. The summed E-state index contributed by atoms with van der Waals surface area (Å²) in [7, 11) is 1.68. The van der Waals surface area contributed by atoms with Crippen LogP contribution in [0.1, 0.15) is 34.7 Å². The Kier molecular flexibility index (Phi) is 4.40. The summed E-state index contributed by atoms with van der Waals surface area (Å²) in [5.41, 5.74) is 9.08. The van der Waals surface area contributed by atoms with Gasteiger partial charge in [-0.3, -0.25) is 0 Å². The smallest absolute Gasteiger partial charge is 0.139 e. The van der Waals surface area contributed by atoms with Gasteiger partial charge in [0.15, 0.2) is 0 Å². The molecule has 0 aliphatic carbocycles. The van der Waals surface area contributed by atoms with E-state index in [0.717, 1.165) is 71.9 Å². The van der Waals surface area contributed by atoms with Gasteiger partial charge in [0.2, 0.25) is 0 Å². The normalized spacial score (nSPS) is 12.6. The zero-order valence-electron chi connectivity index (χ0n) is 20.1. The van der Waals surface area contributed by atoms with Crippen LogP contribution in [0.4, 0.5) is 0 Å². The molecular weight excluding hydrogens is 420 g/mol. The summed E-state index contributed by atoms with van der Waals surface area (Å²) in [6, 6.07) is 15.2. The molecule has 2 heterocycles. The van der Waals surface area contributed by atoms with Crippen LogP contribution in [-0.2, 0) is 4.74 Å². The van der Waals surface area contributed by atoms with Crippen molar-refractivity contribution in [2.24, 2.45) is 0 Å². The lowest BCUT2D eigenvalue weighted by Gasteiger charge is -2.05. The molecule has 0 radical (unpaired) electrons. The number of aryl methyl sites for hydroxylation is 3. The topological polar surface area (TPSA) is 35.5 Å². The quantitative estimate of drug-likeness (QED) is 0.254. The first kappa shape index (κ1) is 20.6. The van der Waals surface area contributed by atoms with Crippen molar-refractivity contribution >= 4 is 66.8 Å². The third-order valence-electron chi connectivity index (χ3n) is 7.03. The second kappa shape index (κ2) is 7.26. The van der Waals surface area contributed by atoms with Crippen molar-refractivity contribution in [3.05, 3.63) is 82.6 Å². The molecule has 0 aliphatic heterocycles. The monoisotopic (exact) mass is 446 g/mol. The Morgan fingerprint density at radius 2 is 1.44 bits per heavy atom. The predicted octanol–water partition coefficient (Wildman–Crippen LogP) is 9.21. The van der Waals surface area contributed by atoms with Crippen molar-refractivity contribution in [1.82, 2.24) is 0 Å². The van der Waals surface area contributed by atoms with Gasteiger partial charge in [-0.05, 0) is 79.9 Å². The molecule has 4 aromatic carbocycles. The van der Waals surface area contributed by atoms with E-state index in [4.69, 9.17) is 13.6 Å². The Labute approximate surface area is 197 Å². The van der Waals surface area contributed by atoms with E-state index >= 15 is 0 Å². The average Bonchev–Trinajstić information content (AvgIpc) is 3.39. The molecule has 3 nitrogen and oxygen atoms in total. The zero-order chi connectivity index (χ0) is 23.7. The summed E-state index contributed by atoms with van der Waals surface area (Å²) in [6.45, 7) is 12.3. The number of furan rings is 2. The molecule has 0 bridgehead atoms. The second-order valence-corrected chi connectivity index (χ2v) is 9.20. The molecule has 0 atom stereocenters.